The van der Waals surface area contributed by atoms with Crippen molar-refractivity contribution in [2.75, 3.05) is 6.26 Å². The fourth-order valence-corrected chi connectivity index (χ4v) is 3.75. The van der Waals surface area contributed by atoms with E-state index in [2.05, 4.69) is 19.0 Å². The zero-order chi connectivity index (χ0) is 22.1. The maximum Gasteiger partial charge on any atom is 0.471 e. The van der Waals surface area contributed by atoms with E-state index < -0.39 is 50.7 Å². The van der Waals surface area contributed by atoms with Crippen LogP contribution in [0.2, 0.25) is 0 Å². The van der Waals surface area contributed by atoms with Crippen molar-refractivity contribution in [3.05, 3.63) is 71.1 Å². The molecule has 1 heterocycles. The minimum Gasteiger partial charge on any atom is -0.329 e. The van der Waals surface area contributed by atoms with Crippen LogP contribution in [0.1, 0.15) is 21.8 Å². The number of amides is 1. The van der Waals surface area contributed by atoms with Gasteiger partial charge >= 0.3 is 12.1 Å². The molecule has 0 N–H and O–H groups in total. The van der Waals surface area contributed by atoms with Gasteiger partial charge in [-0.05, 0) is 24.3 Å². The highest BCUT2D eigenvalue weighted by Gasteiger charge is 2.38. The third-order valence-corrected chi connectivity index (χ3v) is 5.18. The Morgan fingerprint density at radius 3 is 2.23 bits per heavy atom. The summed E-state index contributed by atoms with van der Waals surface area (Å²) >= 11 is 0. The highest BCUT2D eigenvalue weighted by atomic mass is 32.2. The van der Waals surface area contributed by atoms with E-state index in [0.29, 0.717) is 0 Å². The summed E-state index contributed by atoms with van der Waals surface area (Å²) in [6.45, 7) is 0. The van der Waals surface area contributed by atoms with Crippen LogP contribution in [0.4, 0.5) is 22.0 Å². The molecule has 0 aliphatic heterocycles. The molecule has 0 radical (unpaired) electrons. The Bertz CT molecular complexity index is 1190. The first-order valence-electron chi connectivity index (χ1n) is 8.15. The Balaban J connectivity index is 1.81. The SMILES string of the molecule is CS(=O)(Cc1c(F)cccc1F)=NC(=O)c1ccc(-c2noc(C(F)(F)F)n2)cc1. The summed E-state index contributed by atoms with van der Waals surface area (Å²) in [4.78, 5) is 15.5. The Kier molecular flexibility index (Phi) is 5.70. The average molecular weight is 445 g/mol. The molecule has 12 heteroatoms. The minimum atomic E-state index is -4.79. The molecular formula is C18H12F5N3O3S. The molecular weight excluding hydrogens is 433 g/mol. The topological polar surface area (TPSA) is 85.4 Å². The van der Waals surface area contributed by atoms with Gasteiger partial charge in [0.2, 0.25) is 5.82 Å². The summed E-state index contributed by atoms with van der Waals surface area (Å²) in [6, 6.07) is 8.07. The molecule has 0 bridgehead atoms. The quantitative estimate of drug-likeness (QED) is 0.553. The van der Waals surface area contributed by atoms with Crippen LogP contribution in [0.15, 0.2) is 51.4 Å². The lowest BCUT2D eigenvalue weighted by Gasteiger charge is -2.07. The summed E-state index contributed by atoms with van der Waals surface area (Å²) in [5.74, 6) is -5.20. The monoisotopic (exact) mass is 445 g/mol. The lowest BCUT2D eigenvalue weighted by molar-refractivity contribution is -0.159. The van der Waals surface area contributed by atoms with E-state index in [4.69, 9.17) is 0 Å². The van der Waals surface area contributed by atoms with Crippen molar-refractivity contribution >= 4 is 15.6 Å². The molecule has 3 aromatic rings. The number of aromatic nitrogens is 2. The maximum atomic E-state index is 13.7. The maximum absolute atomic E-state index is 13.7. The molecule has 0 aliphatic rings. The van der Waals surface area contributed by atoms with Crippen molar-refractivity contribution in [3.8, 4) is 11.4 Å². The van der Waals surface area contributed by atoms with Crippen molar-refractivity contribution < 1.29 is 35.5 Å². The predicted octanol–water partition coefficient (Wildman–Crippen LogP) is 4.47. The van der Waals surface area contributed by atoms with E-state index in [1.165, 1.54) is 24.3 Å². The van der Waals surface area contributed by atoms with E-state index in [-0.39, 0.29) is 17.0 Å². The Labute approximate surface area is 166 Å². The zero-order valence-corrected chi connectivity index (χ0v) is 15.9. The van der Waals surface area contributed by atoms with Crippen molar-refractivity contribution in [1.82, 2.24) is 10.1 Å². The normalized spacial score (nSPS) is 13.7. The van der Waals surface area contributed by atoms with Gasteiger partial charge in [-0.1, -0.05) is 23.4 Å². The molecule has 0 fully saturated rings. The highest BCUT2D eigenvalue weighted by molar-refractivity contribution is 7.92. The Hall–Kier alpha value is -3.15. The van der Waals surface area contributed by atoms with Gasteiger partial charge in [0.25, 0.3) is 5.91 Å². The summed E-state index contributed by atoms with van der Waals surface area (Å²) in [6.07, 6.45) is -3.71. The van der Waals surface area contributed by atoms with Crippen molar-refractivity contribution in [1.29, 1.82) is 0 Å². The van der Waals surface area contributed by atoms with Crippen molar-refractivity contribution in [2.24, 2.45) is 4.36 Å². The number of hydrogen-bond acceptors (Lipinski definition) is 5. The Morgan fingerprint density at radius 1 is 1.10 bits per heavy atom. The number of rotatable bonds is 4. The number of halogens is 5. The molecule has 0 aliphatic carbocycles. The van der Waals surface area contributed by atoms with Crippen LogP contribution >= 0.6 is 0 Å². The molecule has 0 spiro atoms. The number of benzene rings is 2. The van der Waals surface area contributed by atoms with Gasteiger partial charge in [0.1, 0.15) is 11.6 Å². The van der Waals surface area contributed by atoms with Crippen LogP contribution < -0.4 is 0 Å². The molecule has 0 saturated carbocycles. The zero-order valence-electron chi connectivity index (χ0n) is 15.1. The standard InChI is InChI=1S/C18H12F5N3O3S/c1-30(28,9-12-13(19)3-2-4-14(12)20)26-16(27)11-7-5-10(6-8-11)15-24-17(29-25-15)18(21,22)23/h2-8H,9H2,1H3. The Morgan fingerprint density at radius 2 is 1.70 bits per heavy atom. The van der Waals surface area contributed by atoms with E-state index in [1.807, 2.05) is 0 Å². The smallest absolute Gasteiger partial charge is 0.329 e. The van der Waals surface area contributed by atoms with Gasteiger partial charge < -0.3 is 4.52 Å². The first-order valence-corrected chi connectivity index (χ1v) is 10.2. The lowest BCUT2D eigenvalue weighted by Crippen LogP contribution is -2.09. The van der Waals surface area contributed by atoms with Gasteiger partial charge in [0, 0.05) is 22.9 Å². The summed E-state index contributed by atoms with van der Waals surface area (Å²) in [5, 5.41) is 3.22. The van der Waals surface area contributed by atoms with E-state index in [0.717, 1.165) is 24.5 Å². The number of carbonyl (C=O) groups excluding carboxylic acids is 1. The second-order valence-electron chi connectivity index (χ2n) is 6.20. The molecule has 1 unspecified atom stereocenters. The second-order valence-corrected chi connectivity index (χ2v) is 8.59. The first-order chi connectivity index (χ1) is 14.0. The number of alkyl halides is 3. The molecule has 1 atom stereocenters. The van der Waals surface area contributed by atoms with Gasteiger partial charge in [-0.15, -0.1) is 0 Å². The van der Waals surface area contributed by atoms with E-state index in [1.54, 1.807) is 0 Å². The van der Waals surface area contributed by atoms with Crippen LogP contribution in [0.25, 0.3) is 11.4 Å². The largest absolute Gasteiger partial charge is 0.471 e. The molecule has 6 nitrogen and oxygen atoms in total. The van der Waals surface area contributed by atoms with Crippen molar-refractivity contribution in [3.63, 3.8) is 0 Å². The van der Waals surface area contributed by atoms with Crippen LogP contribution in [-0.2, 0) is 21.7 Å². The van der Waals surface area contributed by atoms with Crippen molar-refractivity contribution in [2.45, 2.75) is 11.9 Å². The molecule has 158 valence electrons. The summed E-state index contributed by atoms with van der Waals surface area (Å²) in [7, 11) is -3.32. The van der Waals surface area contributed by atoms with Crippen LogP contribution in [0.5, 0.6) is 0 Å². The fourth-order valence-electron chi connectivity index (χ4n) is 2.42. The third kappa shape index (κ3) is 4.87. The lowest BCUT2D eigenvalue weighted by atomic mass is 10.1. The highest BCUT2D eigenvalue weighted by Crippen LogP contribution is 2.29. The van der Waals surface area contributed by atoms with Crippen LogP contribution in [-0.4, -0.2) is 26.5 Å². The van der Waals surface area contributed by atoms with Crippen LogP contribution in [0.3, 0.4) is 0 Å². The minimum absolute atomic E-state index is 0.0399. The number of nitrogens with zero attached hydrogens (tertiary/aromatic N) is 3. The van der Waals surface area contributed by atoms with Crippen LogP contribution in [0, 0.1) is 11.6 Å². The molecule has 0 saturated heterocycles. The summed E-state index contributed by atoms with van der Waals surface area (Å²) in [5.41, 5.74) is -0.354. The average Bonchev–Trinajstić information content (AvgIpc) is 3.15. The molecule has 30 heavy (non-hydrogen) atoms. The molecule has 3 rings (SSSR count). The van der Waals surface area contributed by atoms with E-state index >= 15 is 0 Å². The predicted molar refractivity (Wildman–Crippen MR) is 95.6 cm³/mol. The van der Waals surface area contributed by atoms with Gasteiger partial charge in [0.15, 0.2) is 0 Å². The van der Waals surface area contributed by atoms with Gasteiger partial charge in [-0.25, -0.2) is 13.0 Å². The first kappa shape index (κ1) is 21.6. The second kappa shape index (κ2) is 7.94. The molecule has 2 aromatic carbocycles. The van der Waals surface area contributed by atoms with Gasteiger partial charge in [0.05, 0.1) is 15.5 Å². The van der Waals surface area contributed by atoms with Gasteiger partial charge in [-0.2, -0.15) is 22.5 Å². The molecule has 1 aromatic heterocycles. The fraction of sp³-hybridized carbons (Fsp3) is 0.167. The molecule has 1 amide bonds. The van der Waals surface area contributed by atoms with Gasteiger partial charge in [-0.3, -0.25) is 4.79 Å². The number of hydrogen-bond donors (Lipinski definition) is 0. The third-order valence-electron chi connectivity index (χ3n) is 3.81. The number of carbonyl (C=O) groups is 1. The van der Waals surface area contributed by atoms with E-state index in [9.17, 15) is 31.0 Å². The summed E-state index contributed by atoms with van der Waals surface area (Å²) < 4.78 is 85.3.